The van der Waals surface area contributed by atoms with E-state index in [0.717, 1.165) is 70.0 Å². The summed E-state index contributed by atoms with van der Waals surface area (Å²) in [4.78, 5) is 22.5. The van der Waals surface area contributed by atoms with E-state index in [1.807, 2.05) is 17.0 Å². The van der Waals surface area contributed by atoms with Crippen molar-refractivity contribution in [2.45, 2.75) is 51.2 Å². The van der Waals surface area contributed by atoms with Crippen LogP contribution in [0.2, 0.25) is 0 Å². The zero-order valence-electron chi connectivity index (χ0n) is 17.8. The van der Waals surface area contributed by atoms with Crippen molar-refractivity contribution in [3.63, 3.8) is 0 Å². The van der Waals surface area contributed by atoms with Gasteiger partial charge in [-0.2, -0.15) is 5.26 Å². The summed E-state index contributed by atoms with van der Waals surface area (Å²) in [6.07, 6.45) is 3.55. The molecule has 1 aromatic carbocycles. The number of likely N-dealkylation sites (tertiary alicyclic amines) is 1. The molecule has 3 unspecified atom stereocenters. The lowest BCUT2D eigenvalue weighted by Gasteiger charge is -2.38. The smallest absolute Gasteiger partial charge is 0.244 e. The van der Waals surface area contributed by atoms with Crippen LogP contribution in [0, 0.1) is 11.3 Å². The third-order valence-corrected chi connectivity index (χ3v) is 7.14. The van der Waals surface area contributed by atoms with Crippen molar-refractivity contribution in [2.75, 3.05) is 50.7 Å². The van der Waals surface area contributed by atoms with E-state index in [1.165, 1.54) is 12.8 Å². The highest BCUT2D eigenvalue weighted by atomic mass is 16.2. The van der Waals surface area contributed by atoms with Gasteiger partial charge in [-0.3, -0.25) is 19.5 Å². The zero-order chi connectivity index (χ0) is 20.4. The van der Waals surface area contributed by atoms with Gasteiger partial charge < -0.3 is 4.90 Å². The highest BCUT2D eigenvalue weighted by Crippen LogP contribution is 2.26. The molecule has 0 bridgehead atoms. The predicted octanol–water partition coefficient (Wildman–Crippen LogP) is 2.15. The Morgan fingerprint density at radius 1 is 0.931 bits per heavy atom. The van der Waals surface area contributed by atoms with Crippen LogP contribution in [-0.4, -0.2) is 84.5 Å². The molecule has 1 amide bonds. The van der Waals surface area contributed by atoms with Gasteiger partial charge in [-0.15, -0.1) is 0 Å². The topological polar surface area (TPSA) is 53.8 Å². The van der Waals surface area contributed by atoms with Crippen LogP contribution in [0.1, 0.15) is 38.7 Å². The van der Waals surface area contributed by atoms with Crippen LogP contribution in [0.5, 0.6) is 0 Å². The minimum Gasteiger partial charge on any atom is -0.311 e. The van der Waals surface area contributed by atoms with Crippen molar-refractivity contribution in [3.05, 3.63) is 29.8 Å². The van der Waals surface area contributed by atoms with Crippen molar-refractivity contribution in [2.24, 2.45) is 0 Å². The molecule has 3 fully saturated rings. The standard InChI is InChI=1S/C23H33N5O/c1-18-3-4-19(2)27(18)16-13-25-11-14-26(15-12-25)22-9-10-28(23(22)29)21-7-5-20(17-24)6-8-21/h5-8,18-19,22H,3-4,9-16H2,1-2H3. The van der Waals surface area contributed by atoms with Gasteiger partial charge in [0.1, 0.15) is 0 Å². The molecule has 3 saturated heterocycles. The molecule has 0 saturated carbocycles. The molecule has 0 spiro atoms. The average molecular weight is 396 g/mol. The van der Waals surface area contributed by atoms with Crippen LogP contribution in [-0.2, 0) is 4.79 Å². The van der Waals surface area contributed by atoms with Crippen molar-refractivity contribution >= 4 is 11.6 Å². The highest BCUT2D eigenvalue weighted by Gasteiger charge is 2.38. The quantitative estimate of drug-likeness (QED) is 0.765. The largest absolute Gasteiger partial charge is 0.311 e. The van der Waals surface area contributed by atoms with Gasteiger partial charge in [0.15, 0.2) is 0 Å². The van der Waals surface area contributed by atoms with E-state index in [1.54, 1.807) is 12.1 Å². The molecule has 156 valence electrons. The molecule has 6 heteroatoms. The van der Waals surface area contributed by atoms with Gasteiger partial charge in [-0.05, 0) is 57.4 Å². The number of carbonyl (C=O) groups excluding carboxylic acids is 1. The number of nitriles is 1. The molecule has 0 aliphatic carbocycles. The number of hydrogen-bond donors (Lipinski definition) is 0. The highest BCUT2D eigenvalue weighted by molar-refractivity contribution is 5.99. The van der Waals surface area contributed by atoms with E-state index < -0.39 is 0 Å². The van der Waals surface area contributed by atoms with Gasteiger partial charge in [-0.25, -0.2) is 0 Å². The van der Waals surface area contributed by atoms with Crippen molar-refractivity contribution in [1.29, 1.82) is 5.26 Å². The minimum atomic E-state index is 0.00594. The first-order valence-electron chi connectivity index (χ1n) is 11.1. The second-order valence-electron chi connectivity index (χ2n) is 8.84. The fraction of sp³-hybridized carbons (Fsp3) is 0.652. The Morgan fingerprint density at radius 3 is 2.21 bits per heavy atom. The maximum atomic E-state index is 13.0. The molecule has 3 aliphatic heterocycles. The number of anilines is 1. The van der Waals surface area contributed by atoms with E-state index in [-0.39, 0.29) is 11.9 Å². The number of piperazine rings is 1. The Morgan fingerprint density at radius 2 is 1.59 bits per heavy atom. The number of nitrogens with zero attached hydrogens (tertiary/aromatic N) is 5. The first-order valence-corrected chi connectivity index (χ1v) is 11.1. The zero-order valence-corrected chi connectivity index (χ0v) is 17.8. The summed E-state index contributed by atoms with van der Waals surface area (Å²) >= 11 is 0. The molecule has 3 atom stereocenters. The van der Waals surface area contributed by atoms with Crippen LogP contribution in [0.3, 0.4) is 0 Å². The second kappa shape index (κ2) is 8.83. The molecule has 6 nitrogen and oxygen atoms in total. The lowest BCUT2D eigenvalue weighted by molar-refractivity contribution is -0.122. The Kier molecular flexibility index (Phi) is 6.19. The van der Waals surface area contributed by atoms with E-state index >= 15 is 0 Å². The third kappa shape index (κ3) is 4.32. The van der Waals surface area contributed by atoms with Crippen molar-refractivity contribution in [1.82, 2.24) is 14.7 Å². The third-order valence-electron chi connectivity index (χ3n) is 7.14. The molecule has 29 heavy (non-hydrogen) atoms. The summed E-state index contributed by atoms with van der Waals surface area (Å²) in [6, 6.07) is 10.9. The van der Waals surface area contributed by atoms with E-state index in [9.17, 15) is 4.79 Å². The molecule has 3 aliphatic rings. The van der Waals surface area contributed by atoms with Gasteiger partial charge in [0.05, 0.1) is 17.7 Å². The molecular weight excluding hydrogens is 362 g/mol. The Balaban J connectivity index is 1.26. The normalized spacial score (nSPS) is 29.5. The fourth-order valence-corrected chi connectivity index (χ4v) is 5.22. The first-order chi connectivity index (χ1) is 14.1. The van der Waals surface area contributed by atoms with Crippen LogP contribution in [0.25, 0.3) is 0 Å². The number of benzene rings is 1. The van der Waals surface area contributed by atoms with Gasteiger partial charge >= 0.3 is 0 Å². The lowest BCUT2D eigenvalue weighted by Crippen LogP contribution is -2.53. The number of hydrogen-bond acceptors (Lipinski definition) is 5. The van der Waals surface area contributed by atoms with Crippen molar-refractivity contribution < 1.29 is 4.79 Å². The summed E-state index contributed by atoms with van der Waals surface area (Å²) in [5.74, 6) is 0.211. The minimum absolute atomic E-state index is 0.00594. The van der Waals surface area contributed by atoms with E-state index in [4.69, 9.17) is 5.26 Å². The Labute approximate surface area is 174 Å². The molecular formula is C23H33N5O. The number of rotatable bonds is 5. The SMILES string of the molecule is CC1CCC(C)N1CCN1CCN(C2CCN(c3ccc(C#N)cc3)C2=O)CC1. The van der Waals surface area contributed by atoms with Gasteiger partial charge in [0.2, 0.25) is 5.91 Å². The molecule has 3 heterocycles. The van der Waals surface area contributed by atoms with Crippen LogP contribution < -0.4 is 4.90 Å². The van der Waals surface area contributed by atoms with Gasteiger partial charge in [0.25, 0.3) is 0 Å². The Bertz CT molecular complexity index is 740. The molecule has 0 radical (unpaired) electrons. The predicted molar refractivity (Wildman–Crippen MR) is 115 cm³/mol. The summed E-state index contributed by atoms with van der Waals surface area (Å²) in [5.41, 5.74) is 1.54. The van der Waals surface area contributed by atoms with Crippen LogP contribution in [0.4, 0.5) is 5.69 Å². The van der Waals surface area contributed by atoms with Gasteiger partial charge in [-0.1, -0.05) is 0 Å². The molecule has 0 N–H and O–H groups in total. The van der Waals surface area contributed by atoms with Gasteiger partial charge in [0, 0.05) is 63.6 Å². The maximum absolute atomic E-state index is 13.0. The summed E-state index contributed by atoms with van der Waals surface area (Å²) in [6.45, 7) is 11.8. The van der Waals surface area contributed by atoms with E-state index in [2.05, 4.69) is 34.6 Å². The van der Waals surface area contributed by atoms with Crippen molar-refractivity contribution in [3.8, 4) is 6.07 Å². The number of carbonyl (C=O) groups is 1. The van der Waals surface area contributed by atoms with Crippen LogP contribution in [0.15, 0.2) is 24.3 Å². The molecule has 0 aromatic heterocycles. The fourth-order valence-electron chi connectivity index (χ4n) is 5.22. The number of amides is 1. The average Bonchev–Trinajstić information content (AvgIpc) is 3.29. The molecule has 1 aromatic rings. The lowest BCUT2D eigenvalue weighted by atomic mass is 10.1. The maximum Gasteiger partial charge on any atom is 0.244 e. The monoisotopic (exact) mass is 395 g/mol. The first kappa shape index (κ1) is 20.3. The Hall–Kier alpha value is -1.94. The second-order valence-corrected chi connectivity index (χ2v) is 8.84. The van der Waals surface area contributed by atoms with E-state index in [0.29, 0.717) is 5.56 Å². The van der Waals surface area contributed by atoms with Crippen LogP contribution >= 0.6 is 0 Å². The summed E-state index contributed by atoms with van der Waals surface area (Å²) < 4.78 is 0. The summed E-state index contributed by atoms with van der Waals surface area (Å²) in [5, 5.41) is 8.96. The molecule has 4 rings (SSSR count). The summed E-state index contributed by atoms with van der Waals surface area (Å²) in [7, 11) is 0.